The predicted octanol–water partition coefficient (Wildman–Crippen LogP) is 2.30. The molecule has 0 bridgehead atoms. The van der Waals surface area contributed by atoms with Crippen molar-refractivity contribution in [2.45, 2.75) is 45.7 Å². The van der Waals surface area contributed by atoms with Gasteiger partial charge in [0.15, 0.2) is 0 Å². The fourth-order valence-corrected chi connectivity index (χ4v) is 1.56. The Balaban J connectivity index is 2.74. The van der Waals surface area contributed by atoms with E-state index in [1.165, 1.54) is 0 Å². The van der Waals surface area contributed by atoms with Gasteiger partial charge >= 0.3 is 7.12 Å². The summed E-state index contributed by atoms with van der Waals surface area (Å²) in [5.74, 6) is -0.828. The van der Waals surface area contributed by atoms with Crippen molar-refractivity contribution in [1.29, 1.82) is 0 Å². The van der Waals surface area contributed by atoms with E-state index in [2.05, 4.69) is 4.74 Å². The van der Waals surface area contributed by atoms with Gasteiger partial charge in [-0.15, -0.1) is 0 Å². The maximum atomic E-state index is 8.33. The van der Waals surface area contributed by atoms with Crippen molar-refractivity contribution in [3.05, 3.63) is 23.7 Å². The highest BCUT2D eigenvalue weighted by molar-refractivity contribution is 6.62. The third kappa shape index (κ3) is 2.15. The number of hydrogen-bond donors (Lipinski definition) is 0. The fraction of sp³-hybridized carbons (Fsp3) is 0.571. The minimum absolute atomic E-state index is 0.248. The van der Waals surface area contributed by atoms with E-state index in [1.807, 2.05) is 0 Å². The lowest BCUT2D eigenvalue weighted by molar-refractivity contribution is 0.00578. The molecule has 1 heterocycles. The molecule has 0 unspecified atom stereocenters. The van der Waals surface area contributed by atoms with Crippen LogP contribution in [0.3, 0.4) is 0 Å². The van der Waals surface area contributed by atoms with Gasteiger partial charge in [-0.05, 0) is 51.6 Å². The third-order valence-corrected chi connectivity index (χ3v) is 3.39. The van der Waals surface area contributed by atoms with Crippen molar-refractivity contribution >= 4 is 12.6 Å². The van der Waals surface area contributed by atoms with E-state index in [1.54, 1.807) is 27.7 Å². The maximum absolute atomic E-state index is 8.33. The van der Waals surface area contributed by atoms with Crippen molar-refractivity contribution in [2.24, 2.45) is 0 Å². The van der Waals surface area contributed by atoms with Crippen molar-refractivity contribution in [2.75, 3.05) is 7.04 Å². The van der Waals surface area contributed by atoms with Crippen molar-refractivity contribution in [1.82, 2.24) is 0 Å². The molecule has 4 heteroatoms. The van der Waals surface area contributed by atoms with E-state index in [0.717, 1.165) is 0 Å². The van der Waals surface area contributed by atoms with Gasteiger partial charge in [0.05, 0.1) is 26.5 Å². The molecule has 3 nitrogen and oxygen atoms in total. The predicted molar refractivity (Wildman–Crippen MR) is 73.4 cm³/mol. The molecule has 18 heavy (non-hydrogen) atoms. The quantitative estimate of drug-likeness (QED) is 0.761. The second-order valence-electron chi connectivity index (χ2n) is 5.18. The molecule has 0 amide bonds. The van der Waals surface area contributed by atoms with E-state index in [-0.39, 0.29) is 5.46 Å². The maximum Gasteiger partial charge on any atom is 0.494 e. The topological polar surface area (TPSA) is 27.7 Å². The molecule has 1 fully saturated rings. The summed E-state index contributed by atoms with van der Waals surface area (Å²) >= 11 is 0. The molecular weight excluding hydrogens is 227 g/mol. The Bertz CT molecular complexity index is 740. The van der Waals surface area contributed by atoms with Crippen LogP contribution in [-0.2, 0) is 9.31 Å². The van der Waals surface area contributed by atoms with Crippen LogP contribution in [0, 0.1) is 6.85 Å². The lowest BCUT2D eigenvalue weighted by atomic mass is 9.78. The van der Waals surface area contributed by atoms with Crippen LogP contribution in [0.1, 0.15) is 45.6 Å². The average molecular weight is 257 g/mol. The smallest absolute Gasteiger partial charge is 0.494 e. The Morgan fingerprint density at radius 3 is 2.44 bits per heavy atom. The van der Waals surface area contributed by atoms with Crippen molar-refractivity contribution < 1.29 is 26.4 Å². The van der Waals surface area contributed by atoms with Crippen molar-refractivity contribution in [3.63, 3.8) is 0 Å². The van der Waals surface area contributed by atoms with Gasteiger partial charge in [0.2, 0.25) is 0 Å². The monoisotopic (exact) mass is 257 g/mol. The molecule has 0 saturated carbocycles. The van der Waals surface area contributed by atoms with Gasteiger partial charge in [0, 0.05) is 4.11 Å². The second kappa shape index (κ2) is 4.28. The average Bonchev–Trinajstić information content (AvgIpc) is 2.61. The highest BCUT2D eigenvalue weighted by atomic mass is 16.7. The first-order valence-corrected chi connectivity index (χ1v) is 5.58. The number of rotatable bonds is 2. The molecule has 0 N–H and O–H groups in total. The van der Waals surface area contributed by atoms with E-state index in [9.17, 15) is 0 Å². The van der Waals surface area contributed by atoms with E-state index in [4.69, 9.17) is 21.6 Å². The minimum atomic E-state index is -3.04. The number of ether oxygens (including phenoxy) is 1. The van der Waals surface area contributed by atoms with Crippen LogP contribution in [0.15, 0.2) is 18.1 Å². The Labute approximate surface area is 122 Å². The normalized spacial score (nSPS) is 29.8. The molecule has 98 valence electrons. The van der Waals surface area contributed by atoms with Crippen LogP contribution < -0.4 is 10.2 Å². The second-order valence-corrected chi connectivity index (χ2v) is 5.18. The largest absolute Gasteiger partial charge is 0.496 e. The van der Waals surface area contributed by atoms with Crippen LogP contribution in [0.25, 0.3) is 0 Å². The first-order chi connectivity index (χ1) is 11.9. The Kier molecular flexibility index (Phi) is 1.42. The van der Waals surface area contributed by atoms with Gasteiger partial charge in [0.1, 0.15) is 5.75 Å². The van der Waals surface area contributed by atoms with Crippen molar-refractivity contribution in [3.8, 4) is 5.75 Å². The van der Waals surface area contributed by atoms with Crippen LogP contribution in [0.4, 0.5) is 0 Å². The molecule has 0 radical (unpaired) electrons. The summed E-state index contributed by atoms with van der Waals surface area (Å²) in [5, 5.41) is 0. The van der Waals surface area contributed by atoms with Gasteiger partial charge in [-0.1, -0.05) is 12.1 Å². The molecular formula is C14H21BO3. The molecule has 0 spiro atoms. The molecule has 1 aliphatic heterocycles. The number of methoxy groups -OCH3 is 1. The van der Waals surface area contributed by atoms with Gasteiger partial charge in [-0.2, -0.15) is 0 Å². The zero-order valence-electron chi connectivity index (χ0n) is 19.8. The molecule has 0 aliphatic carbocycles. The van der Waals surface area contributed by atoms with E-state index in [0.29, 0.717) is 0 Å². The molecule has 0 aromatic heterocycles. The summed E-state index contributed by atoms with van der Waals surface area (Å²) in [6.07, 6.45) is 0. The Hall–Kier alpha value is -0.995. The first-order valence-electron chi connectivity index (χ1n) is 10.1. The number of hydrogen-bond acceptors (Lipinski definition) is 3. The zero-order valence-corrected chi connectivity index (χ0v) is 10.8. The lowest BCUT2D eigenvalue weighted by Crippen LogP contribution is -2.41. The summed E-state index contributed by atoms with van der Waals surface area (Å²) in [5.41, 5.74) is -2.63. The summed E-state index contributed by atoms with van der Waals surface area (Å²) in [6, 6.07) is -1.99. The van der Waals surface area contributed by atoms with Crippen LogP contribution >= 0.6 is 0 Å². The summed E-state index contributed by atoms with van der Waals surface area (Å²) in [7, 11) is -4.29. The van der Waals surface area contributed by atoms with E-state index < -0.39 is 61.7 Å². The van der Waals surface area contributed by atoms with E-state index >= 15 is 0 Å². The highest BCUT2D eigenvalue weighted by Gasteiger charge is 2.51. The van der Waals surface area contributed by atoms with Gasteiger partial charge < -0.3 is 14.0 Å². The molecule has 1 aromatic rings. The SMILES string of the molecule is [2H]c1c([2H])c(B2OC(C)(C)C(C)(C)O2)c([2H])c(C([2H])([2H])[2H])c1OC([2H])([2H])[2H]. The molecule has 0 atom stereocenters. The summed E-state index contributed by atoms with van der Waals surface area (Å²) < 4.78 is 85.5. The summed E-state index contributed by atoms with van der Waals surface area (Å²) in [6.45, 7) is 4.05. The summed E-state index contributed by atoms with van der Waals surface area (Å²) in [4.78, 5) is 0. The third-order valence-electron chi connectivity index (χ3n) is 3.39. The number of benzene rings is 1. The molecule has 1 saturated heterocycles. The van der Waals surface area contributed by atoms with Crippen LogP contribution in [0.5, 0.6) is 5.75 Å². The van der Waals surface area contributed by atoms with Gasteiger partial charge in [-0.25, -0.2) is 0 Å². The van der Waals surface area contributed by atoms with Gasteiger partial charge in [0.25, 0.3) is 0 Å². The standard InChI is InChI=1S/C14H21BO3/c1-10-9-11(7-8-12(10)16-6)15-17-13(2,3)14(4,5)18-15/h7-9H,1-6H3/i1D3,6D3,7D,8D,9D. The fourth-order valence-electron chi connectivity index (χ4n) is 1.56. The molecule has 1 aliphatic rings. The minimum Gasteiger partial charge on any atom is -0.496 e. The molecule has 2 rings (SSSR count). The lowest BCUT2D eigenvalue weighted by Gasteiger charge is -2.32. The Morgan fingerprint density at radius 1 is 1.22 bits per heavy atom. The first kappa shape index (κ1) is 5.97. The van der Waals surface area contributed by atoms with Gasteiger partial charge in [-0.3, -0.25) is 0 Å². The van der Waals surface area contributed by atoms with Crippen LogP contribution in [-0.4, -0.2) is 25.4 Å². The highest BCUT2D eigenvalue weighted by Crippen LogP contribution is 2.36. The Morgan fingerprint density at radius 2 is 1.89 bits per heavy atom. The zero-order chi connectivity index (χ0) is 21.2. The van der Waals surface area contributed by atoms with Crippen LogP contribution in [0.2, 0.25) is 0 Å². The molecule has 1 aromatic carbocycles.